The molecule has 0 aliphatic rings. The Morgan fingerprint density at radius 2 is 2.06 bits per heavy atom. The molecule has 1 aromatic carbocycles. The van der Waals surface area contributed by atoms with Crippen molar-refractivity contribution >= 4 is 34.1 Å². The van der Waals surface area contributed by atoms with E-state index in [0.29, 0.717) is 13.2 Å². The van der Waals surface area contributed by atoms with Crippen LogP contribution in [0.2, 0.25) is 0 Å². The zero-order valence-corrected chi connectivity index (χ0v) is 11.8. The highest BCUT2D eigenvalue weighted by atomic mass is 127. The Kier molecular flexibility index (Phi) is 4.57. The van der Waals surface area contributed by atoms with E-state index in [-0.39, 0.29) is 0 Å². The van der Waals surface area contributed by atoms with Crippen molar-refractivity contribution in [3.63, 3.8) is 0 Å². The van der Waals surface area contributed by atoms with Crippen LogP contribution < -0.4 is 15.8 Å². The quantitative estimate of drug-likeness (QED) is 0.488. The van der Waals surface area contributed by atoms with Crippen LogP contribution in [0.4, 0.5) is 11.5 Å². The lowest BCUT2D eigenvalue weighted by Crippen LogP contribution is -2.13. The maximum absolute atomic E-state index is 5.59. The number of aromatic nitrogens is 2. The lowest BCUT2D eigenvalue weighted by atomic mass is 10.3. The Hall–Kier alpha value is -1.57. The van der Waals surface area contributed by atoms with Crippen LogP contribution in [0.5, 0.6) is 5.75 Å². The molecule has 0 spiro atoms. The summed E-state index contributed by atoms with van der Waals surface area (Å²) in [5.74, 6) is 1.63. The molecule has 0 radical (unpaired) electrons. The van der Waals surface area contributed by atoms with Gasteiger partial charge in [-0.05, 0) is 46.9 Å². The van der Waals surface area contributed by atoms with E-state index in [1.165, 1.54) is 6.33 Å². The topological polar surface area (TPSA) is 73.1 Å². The van der Waals surface area contributed by atoms with Gasteiger partial charge in [0.1, 0.15) is 24.5 Å². The van der Waals surface area contributed by atoms with Crippen molar-refractivity contribution < 1.29 is 4.74 Å². The molecule has 6 heteroatoms. The molecule has 18 heavy (non-hydrogen) atoms. The number of nitrogens with one attached hydrogen (secondary N) is 1. The van der Waals surface area contributed by atoms with Crippen LogP contribution in [-0.2, 0) is 0 Å². The molecule has 0 aliphatic heterocycles. The van der Waals surface area contributed by atoms with Crippen molar-refractivity contribution in [3.8, 4) is 5.75 Å². The van der Waals surface area contributed by atoms with Gasteiger partial charge in [-0.15, -0.1) is 0 Å². The first-order valence-electron chi connectivity index (χ1n) is 5.43. The Labute approximate surface area is 119 Å². The molecule has 0 unspecified atom stereocenters. The van der Waals surface area contributed by atoms with Gasteiger partial charge in [0, 0.05) is 11.9 Å². The van der Waals surface area contributed by atoms with Gasteiger partial charge in [0.15, 0.2) is 0 Å². The average Bonchev–Trinajstić information content (AvgIpc) is 2.39. The smallest absolute Gasteiger partial charge is 0.142 e. The maximum atomic E-state index is 5.59. The van der Waals surface area contributed by atoms with E-state index in [1.54, 1.807) is 6.20 Å². The fourth-order valence-electron chi connectivity index (χ4n) is 1.35. The second-order valence-electron chi connectivity index (χ2n) is 3.56. The van der Waals surface area contributed by atoms with E-state index in [2.05, 4.69) is 37.9 Å². The fraction of sp³-hybridized carbons (Fsp3) is 0.167. The zero-order chi connectivity index (χ0) is 12.8. The predicted molar refractivity (Wildman–Crippen MR) is 79.6 cm³/mol. The molecular formula is C12H13IN4O. The van der Waals surface area contributed by atoms with Crippen molar-refractivity contribution in [3.05, 3.63) is 40.4 Å². The van der Waals surface area contributed by atoms with Gasteiger partial charge in [-0.25, -0.2) is 9.97 Å². The van der Waals surface area contributed by atoms with Gasteiger partial charge >= 0.3 is 0 Å². The second-order valence-corrected chi connectivity index (χ2v) is 4.73. The van der Waals surface area contributed by atoms with Gasteiger partial charge in [0.25, 0.3) is 0 Å². The predicted octanol–water partition coefficient (Wildman–Crippen LogP) is 2.15. The Bertz CT molecular complexity index is 504. The largest absolute Gasteiger partial charge is 0.492 e. The monoisotopic (exact) mass is 356 g/mol. The summed E-state index contributed by atoms with van der Waals surface area (Å²) in [4.78, 5) is 8.06. The Morgan fingerprint density at radius 3 is 2.78 bits per heavy atom. The van der Waals surface area contributed by atoms with Crippen LogP contribution in [0.1, 0.15) is 0 Å². The summed E-state index contributed by atoms with van der Waals surface area (Å²) >= 11 is 2.19. The van der Waals surface area contributed by atoms with Crippen LogP contribution in [0.25, 0.3) is 0 Å². The Balaban J connectivity index is 1.76. The van der Waals surface area contributed by atoms with Crippen molar-refractivity contribution in [1.29, 1.82) is 0 Å². The highest BCUT2D eigenvalue weighted by Crippen LogP contribution is 2.14. The summed E-state index contributed by atoms with van der Waals surface area (Å²) in [5, 5.41) is 3.19. The van der Waals surface area contributed by atoms with Crippen LogP contribution in [0.15, 0.2) is 36.8 Å². The third kappa shape index (κ3) is 3.73. The van der Waals surface area contributed by atoms with Crippen molar-refractivity contribution in [2.45, 2.75) is 0 Å². The maximum Gasteiger partial charge on any atom is 0.142 e. The molecule has 0 saturated heterocycles. The second kappa shape index (κ2) is 6.39. The minimum Gasteiger partial charge on any atom is -0.492 e. The number of nitrogens with zero attached hydrogens (tertiary/aromatic N) is 2. The molecule has 1 heterocycles. The molecular weight excluding hydrogens is 343 g/mol. The van der Waals surface area contributed by atoms with Crippen molar-refractivity contribution in [1.82, 2.24) is 9.97 Å². The number of anilines is 2. The zero-order valence-electron chi connectivity index (χ0n) is 9.64. The standard InChI is InChI=1S/C12H13IN4O/c13-11-7-15-8-17-12(11)16-5-6-18-10-3-1-9(14)2-4-10/h1-4,7-8H,5-6,14H2,(H,15,16,17). The van der Waals surface area contributed by atoms with E-state index in [1.807, 2.05) is 24.3 Å². The molecule has 0 bridgehead atoms. The van der Waals surface area contributed by atoms with E-state index in [9.17, 15) is 0 Å². The molecule has 5 nitrogen and oxygen atoms in total. The highest BCUT2D eigenvalue weighted by molar-refractivity contribution is 14.1. The van der Waals surface area contributed by atoms with Gasteiger partial charge < -0.3 is 15.8 Å². The first-order valence-corrected chi connectivity index (χ1v) is 6.51. The summed E-state index contributed by atoms with van der Waals surface area (Å²) in [7, 11) is 0. The van der Waals surface area contributed by atoms with E-state index >= 15 is 0 Å². The van der Waals surface area contributed by atoms with E-state index < -0.39 is 0 Å². The van der Waals surface area contributed by atoms with Crippen molar-refractivity contribution in [2.24, 2.45) is 0 Å². The summed E-state index contributed by atoms with van der Waals surface area (Å²) < 4.78 is 6.55. The molecule has 0 atom stereocenters. The number of rotatable bonds is 5. The van der Waals surface area contributed by atoms with Gasteiger partial charge in [-0.2, -0.15) is 0 Å². The third-order valence-electron chi connectivity index (χ3n) is 2.21. The molecule has 1 aromatic heterocycles. The minimum absolute atomic E-state index is 0.560. The van der Waals surface area contributed by atoms with Gasteiger partial charge in [0.05, 0.1) is 10.1 Å². The normalized spacial score (nSPS) is 10.1. The number of benzene rings is 1. The number of hydrogen-bond acceptors (Lipinski definition) is 5. The number of halogens is 1. The SMILES string of the molecule is Nc1ccc(OCCNc2ncncc2I)cc1. The molecule has 0 saturated carbocycles. The summed E-state index contributed by atoms with van der Waals surface area (Å²) in [6, 6.07) is 7.33. The van der Waals surface area contributed by atoms with Crippen molar-refractivity contribution in [2.75, 3.05) is 24.2 Å². The number of nitrogen functional groups attached to an aromatic ring is 1. The molecule has 0 fully saturated rings. The van der Waals surface area contributed by atoms with Crippen LogP contribution in [-0.4, -0.2) is 23.1 Å². The lowest BCUT2D eigenvalue weighted by Gasteiger charge is -2.08. The first kappa shape index (κ1) is 12.9. The molecule has 2 aromatic rings. The fourth-order valence-corrected chi connectivity index (χ4v) is 1.84. The molecule has 3 N–H and O–H groups in total. The minimum atomic E-state index is 0.560. The van der Waals surface area contributed by atoms with E-state index in [0.717, 1.165) is 20.8 Å². The van der Waals surface area contributed by atoms with Crippen LogP contribution in [0, 0.1) is 3.57 Å². The molecule has 94 valence electrons. The summed E-state index contributed by atoms with van der Waals surface area (Å²) in [5.41, 5.74) is 6.32. The first-order chi connectivity index (χ1) is 8.75. The molecule has 0 aliphatic carbocycles. The van der Waals surface area contributed by atoms with Crippen LogP contribution >= 0.6 is 22.6 Å². The molecule has 2 rings (SSSR count). The van der Waals surface area contributed by atoms with Gasteiger partial charge in [-0.3, -0.25) is 0 Å². The third-order valence-corrected chi connectivity index (χ3v) is 3.00. The van der Waals surface area contributed by atoms with E-state index in [4.69, 9.17) is 10.5 Å². The summed E-state index contributed by atoms with van der Waals surface area (Å²) in [6.07, 6.45) is 3.28. The lowest BCUT2D eigenvalue weighted by molar-refractivity contribution is 0.333. The average molecular weight is 356 g/mol. The Morgan fingerprint density at radius 1 is 1.28 bits per heavy atom. The van der Waals surface area contributed by atoms with Gasteiger partial charge in [0.2, 0.25) is 0 Å². The summed E-state index contributed by atoms with van der Waals surface area (Å²) in [6.45, 7) is 1.24. The molecule has 0 amide bonds. The number of hydrogen-bond donors (Lipinski definition) is 2. The van der Waals surface area contributed by atoms with Gasteiger partial charge in [-0.1, -0.05) is 0 Å². The highest BCUT2D eigenvalue weighted by Gasteiger charge is 1.99. The number of ether oxygens (including phenoxy) is 1. The number of nitrogens with two attached hydrogens (primary N) is 1. The van der Waals surface area contributed by atoms with Crippen LogP contribution in [0.3, 0.4) is 0 Å².